The molecule has 0 aromatic heterocycles. The lowest BCUT2D eigenvalue weighted by Crippen LogP contribution is -2.49. The average molecular weight is 583 g/mol. The lowest BCUT2D eigenvalue weighted by atomic mass is 9.68. The average Bonchev–Trinajstić information content (AvgIpc) is 3.05. The molecule has 2 N–H and O–H groups in total. The Balaban J connectivity index is 1.43. The van der Waals surface area contributed by atoms with Gasteiger partial charge in [0.2, 0.25) is 0 Å². The number of aliphatic hydroxyl groups excluding tert-OH is 1. The first-order chi connectivity index (χ1) is 19.1. The molecule has 2 aliphatic carbocycles. The maximum atomic E-state index is 13.2. The summed E-state index contributed by atoms with van der Waals surface area (Å²) >= 11 is 6.36. The fourth-order valence-corrected chi connectivity index (χ4v) is 7.91. The van der Waals surface area contributed by atoms with Gasteiger partial charge in [0, 0.05) is 29.1 Å². The number of aliphatic hydroxyl groups is 1. The molecule has 1 spiro atoms. The van der Waals surface area contributed by atoms with Gasteiger partial charge in [-0.1, -0.05) is 36.4 Å². The van der Waals surface area contributed by atoms with Crippen LogP contribution in [0.3, 0.4) is 0 Å². The molecule has 4 aliphatic rings. The first-order valence-electron chi connectivity index (χ1n) is 14.1. The summed E-state index contributed by atoms with van der Waals surface area (Å²) in [4.78, 5) is 15.4. The smallest absolute Gasteiger partial charge is 0.265 e. The van der Waals surface area contributed by atoms with Crippen LogP contribution in [0.1, 0.15) is 60.0 Å². The van der Waals surface area contributed by atoms with Crippen molar-refractivity contribution in [3.8, 4) is 5.75 Å². The largest absolute Gasteiger partial charge is 0.490 e. The van der Waals surface area contributed by atoms with Crippen LogP contribution in [0.4, 0.5) is 5.69 Å². The van der Waals surface area contributed by atoms with Crippen molar-refractivity contribution in [3.63, 3.8) is 0 Å². The van der Waals surface area contributed by atoms with Crippen LogP contribution in [-0.4, -0.2) is 45.2 Å². The van der Waals surface area contributed by atoms with Gasteiger partial charge >= 0.3 is 0 Å². The summed E-state index contributed by atoms with van der Waals surface area (Å²) in [5.74, 6) is 0.361. The van der Waals surface area contributed by atoms with Crippen LogP contribution < -0.4 is 14.4 Å². The minimum absolute atomic E-state index is 0.0636. The van der Waals surface area contributed by atoms with Gasteiger partial charge in [-0.25, -0.2) is 13.1 Å². The van der Waals surface area contributed by atoms with Crippen molar-refractivity contribution in [2.45, 2.75) is 56.5 Å². The van der Waals surface area contributed by atoms with Crippen molar-refractivity contribution < 1.29 is 23.1 Å². The van der Waals surface area contributed by atoms with Gasteiger partial charge in [-0.3, -0.25) is 4.79 Å². The molecule has 40 heavy (non-hydrogen) atoms. The van der Waals surface area contributed by atoms with Gasteiger partial charge in [-0.05, 0) is 98.2 Å². The Bertz CT molecular complexity index is 1490. The highest BCUT2D eigenvalue weighted by molar-refractivity contribution is 7.93. The number of amides is 1. The number of benzene rings is 2. The molecule has 1 saturated carbocycles. The third-order valence-corrected chi connectivity index (χ3v) is 10.9. The van der Waals surface area contributed by atoms with E-state index in [0.717, 1.165) is 42.8 Å². The van der Waals surface area contributed by atoms with Crippen molar-refractivity contribution in [2.24, 2.45) is 11.8 Å². The Morgan fingerprint density at radius 1 is 1.15 bits per heavy atom. The molecular formula is C31H35ClN2O5S. The van der Waals surface area contributed by atoms with Gasteiger partial charge in [0.1, 0.15) is 5.75 Å². The molecule has 2 aliphatic heterocycles. The molecule has 1 fully saturated rings. The Hall–Kier alpha value is -2.81. The fourth-order valence-electron chi connectivity index (χ4n) is 6.82. The zero-order valence-electron chi connectivity index (χ0n) is 22.4. The Morgan fingerprint density at radius 3 is 2.80 bits per heavy atom. The lowest BCUT2D eigenvalue weighted by molar-refractivity contribution is 0.0456. The molecule has 2 heterocycles. The number of anilines is 1. The normalized spacial score (nSPS) is 30.6. The van der Waals surface area contributed by atoms with E-state index >= 15 is 0 Å². The van der Waals surface area contributed by atoms with Gasteiger partial charge in [-0.15, -0.1) is 0 Å². The van der Waals surface area contributed by atoms with Gasteiger partial charge in [0.15, 0.2) is 0 Å². The molecule has 9 heteroatoms. The van der Waals surface area contributed by atoms with Crippen LogP contribution >= 0.6 is 11.6 Å². The molecule has 2 aromatic carbocycles. The summed E-state index contributed by atoms with van der Waals surface area (Å²) < 4.78 is 34.3. The monoisotopic (exact) mass is 582 g/mol. The van der Waals surface area contributed by atoms with Crippen LogP contribution in [0.2, 0.25) is 5.02 Å². The number of hydrogen-bond acceptors (Lipinski definition) is 6. The van der Waals surface area contributed by atoms with Crippen molar-refractivity contribution in [1.29, 1.82) is 0 Å². The van der Waals surface area contributed by atoms with Crippen LogP contribution in [0.15, 0.2) is 60.0 Å². The number of halogens is 1. The fraction of sp³-hybridized carbons (Fsp3) is 0.452. The van der Waals surface area contributed by atoms with Crippen molar-refractivity contribution in [3.05, 3.63) is 81.7 Å². The van der Waals surface area contributed by atoms with E-state index in [1.165, 1.54) is 11.1 Å². The number of hydrogen-bond donors (Lipinski definition) is 2. The van der Waals surface area contributed by atoms with Crippen LogP contribution in [0.25, 0.3) is 0 Å². The first-order valence-corrected chi connectivity index (χ1v) is 15.9. The molecule has 0 radical (unpaired) electrons. The van der Waals surface area contributed by atoms with Crippen molar-refractivity contribution in [2.75, 3.05) is 24.6 Å². The van der Waals surface area contributed by atoms with E-state index in [-0.39, 0.29) is 34.1 Å². The molecule has 0 saturated heterocycles. The second-order valence-electron chi connectivity index (χ2n) is 11.7. The molecule has 2 bridgehead atoms. The molecule has 2 aromatic rings. The Morgan fingerprint density at radius 2 is 2.00 bits per heavy atom. The van der Waals surface area contributed by atoms with E-state index in [2.05, 4.69) is 28.3 Å². The number of aryl methyl sites for hydroxylation is 1. The number of nitrogens with zero attached hydrogens (tertiary/aromatic N) is 1. The van der Waals surface area contributed by atoms with Crippen LogP contribution in [-0.2, 0) is 21.9 Å². The molecular weight excluding hydrogens is 548 g/mol. The summed E-state index contributed by atoms with van der Waals surface area (Å²) in [5, 5.41) is 11.7. The summed E-state index contributed by atoms with van der Waals surface area (Å²) in [6, 6.07) is 11.3. The second kappa shape index (κ2) is 10.5. The standard InChI is InChI=1S/C31H35ClN2O5S/c1-20-5-2-3-7-28(35)25-11-8-23(25)17-34-18-31(14-4-6-21-15-24(32)10-12-26(21)31)19-39-29-13-9-22(16-27(29)34)30(36)33-40(20,37)38/h3,7,9-10,12-13,15-16,23,25,28,35H,1-2,4-6,8,11,14,17-19H2,(H,33,36)/b7-3+/t23-,25+,28-,31-/m0/s1. The molecule has 6 rings (SSSR count). The van der Waals surface area contributed by atoms with E-state index in [1.54, 1.807) is 24.3 Å². The van der Waals surface area contributed by atoms with Crippen LogP contribution in [0.5, 0.6) is 5.75 Å². The predicted octanol–water partition coefficient (Wildman–Crippen LogP) is 5.12. The Kier molecular flexibility index (Phi) is 7.21. The minimum Gasteiger partial charge on any atom is -0.490 e. The number of carbonyl (C=O) groups is 1. The van der Waals surface area contributed by atoms with Gasteiger partial charge < -0.3 is 14.7 Å². The van der Waals surface area contributed by atoms with Crippen molar-refractivity contribution >= 4 is 33.2 Å². The number of carbonyl (C=O) groups excluding carboxylic acids is 1. The number of allylic oxidation sites excluding steroid dienone is 2. The quantitative estimate of drug-likeness (QED) is 0.419. The summed E-state index contributed by atoms with van der Waals surface area (Å²) in [7, 11) is -4.06. The predicted molar refractivity (Wildman–Crippen MR) is 156 cm³/mol. The number of ether oxygens (including phenoxy) is 1. The van der Waals surface area contributed by atoms with E-state index in [1.807, 2.05) is 12.1 Å². The Labute approximate surface area is 240 Å². The maximum Gasteiger partial charge on any atom is 0.265 e. The van der Waals surface area contributed by atoms with E-state index in [9.17, 15) is 18.3 Å². The van der Waals surface area contributed by atoms with Crippen LogP contribution in [0, 0.1) is 11.8 Å². The van der Waals surface area contributed by atoms with E-state index in [4.69, 9.17) is 16.3 Å². The third kappa shape index (κ3) is 5.06. The van der Waals surface area contributed by atoms with Gasteiger partial charge in [0.05, 0.1) is 23.3 Å². The zero-order valence-corrected chi connectivity index (χ0v) is 24.0. The number of sulfonamides is 1. The summed E-state index contributed by atoms with van der Waals surface area (Å²) in [6.45, 7) is 5.57. The second-order valence-corrected chi connectivity index (χ2v) is 13.9. The highest BCUT2D eigenvalue weighted by Crippen LogP contribution is 2.46. The van der Waals surface area contributed by atoms with Gasteiger partial charge in [-0.2, -0.15) is 0 Å². The van der Waals surface area contributed by atoms with E-state index in [0.29, 0.717) is 31.9 Å². The number of fused-ring (bicyclic) bond motifs is 4. The minimum atomic E-state index is -4.06. The van der Waals surface area contributed by atoms with Crippen molar-refractivity contribution in [1.82, 2.24) is 4.72 Å². The number of nitrogens with one attached hydrogen (secondary N) is 1. The SMILES string of the molecule is C=C1CC/C=C/[C@H](O)[C@@H]2CC[C@H]2CN2C[C@@]3(CCCc4cc(Cl)ccc43)COc3ccc(cc32)C(=O)NS1(=O)=O. The lowest BCUT2D eigenvalue weighted by Gasteiger charge is -2.45. The third-order valence-electron chi connectivity index (χ3n) is 9.20. The van der Waals surface area contributed by atoms with Gasteiger partial charge in [0.25, 0.3) is 15.9 Å². The summed E-state index contributed by atoms with van der Waals surface area (Å²) in [6.07, 6.45) is 8.46. The molecule has 0 unspecified atom stereocenters. The maximum absolute atomic E-state index is 13.2. The zero-order chi connectivity index (χ0) is 28.1. The highest BCUT2D eigenvalue weighted by atomic mass is 35.5. The molecule has 212 valence electrons. The molecule has 4 atom stereocenters. The summed E-state index contributed by atoms with van der Waals surface area (Å²) in [5.41, 5.74) is 3.24. The first kappa shape index (κ1) is 27.4. The molecule has 1 amide bonds. The highest BCUT2D eigenvalue weighted by Gasteiger charge is 2.44. The van der Waals surface area contributed by atoms with E-state index < -0.39 is 22.0 Å². The number of rotatable bonds is 0. The molecule has 7 nitrogen and oxygen atoms in total. The topological polar surface area (TPSA) is 95.9 Å².